The van der Waals surface area contributed by atoms with Gasteiger partial charge < -0.3 is 0 Å². The van der Waals surface area contributed by atoms with E-state index in [2.05, 4.69) is 73.3 Å². The standard InChI is InChI=1S/C32H52N/c1-3-5-6-7-8-9-10-11-12-13-14-15-16-17-18-20-24-30-25-23-28-33(29-30)32(4-2)31-26-21-19-22-27-31/h19,21-23,25-29,32H,3-18,20,24H2,1-2H3/q+1. The first-order valence-electron chi connectivity index (χ1n) is 14.4. The van der Waals surface area contributed by atoms with Crippen LogP contribution in [0.25, 0.3) is 0 Å². The molecule has 33 heavy (non-hydrogen) atoms. The number of aryl methyl sites for hydroxylation is 1. The molecule has 0 saturated heterocycles. The number of benzene rings is 1. The number of pyridine rings is 1. The highest BCUT2D eigenvalue weighted by Gasteiger charge is 2.18. The lowest BCUT2D eigenvalue weighted by molar-refractivity contribution is -0.714. The van der Waals surface area contributed by atoms with Crippen LogP contribution in [-0.4, -0.2) is 0 Å². The van der Waals surface area contributed by atoms with E-state index >= 15 is 0 Å². The molecule has 1 heterocycles. The molecule has 0 radical (unpaired) electrons. The van der Waals surface area contributed by atoms with Crippen molar-refractivity contribution in [1.82, 2.24) is 0 Å². The quantitative estimate of drug-likeness (QED) is 0.140. The molecule has 2 aromatic rings. The highest BCUT2D eigenvalue weighted by atomic mass is 15.0. The maximum absolute atomic E-state index is 2.41. The second-order valence-corrected chi connectivity index (χ2v) is 10.0. The first-order valence-corrected chi connectivity index (χ1v) is 14.4. The number of nitrogens with zero attached hydrogens (tertiary/aromatic N) is 1. The molecule has 1 nitrogen and oxygen atoms in total. The van der Waals surface area contributed by atoms with Crippen molar-refractivity contribution in [2.45, 2.75) is 135 Å². The maximum Gasteiger partial charge on any atom is 0.183 e. The Hall–Kier alpha value is -1.63. The molecular formula is C32H52N+. The summed E-state index contributed by atoms with van der Waals surface area (Å²) in [5.41, 5.74) is 2.89. The van der Waals surface area contributed by atoms with Gasteiger partial charge in [-0.25, -0.2) is 0 Å². The Kier molecular flexibility index (Phi) is 15.7. The lowest BCUT2D eigenvalue weighted by Gasteiger charge is -2.11. The summed E-state index contributed by atoms with van der Waals surface area (Å²) >= 11 is 0. The minimum absolute atomic E-state index is 0.442. The van der Waals surface area contributed by atoms with Crippen LogP contribution in [0.1, 0.15) is 140 Å². The number of rotatable bonds is 20. The van der Waals surface area contributed by atoms with Gasteiger partial charge in [0.05, 0.1) is 0 Å². The second kappa shape index (κ2) is 18.8. The molecule has 1 aromatic heterocycles. The Balaban J connectivity index is 1.48. The minimum Gasteiger partial charge on any atom is -0.198 e. The topological polar surface area (TPSA) is 3.88 Å². The van der Waals surface area contributed by atoms with Gasteiger partial charge in [-0.1, -0.05) is 140 Å². The third kappa shape index (κ3) is 12.4. The van der Waals surface area contributed by atoms with Crippen molar-refractivity contribution in [2.75, 3.05) is 0 Å². The number of aromatic nitrogens is 1. The van der Waals surface area contributed by atoms with Crippen LogP contribution in [0.15, 0.2) is 54.9 Å². The summed E-state index contributed by atoms with van der Waals surface area (Å²) in [6.07, 6.45) is 29.9. The van der Waals surface area contributed by atoms with E-state index in [1.54, 1.807) is 0 Å². The Labute approximate surface area is 206 Å². The van der Waals surface area contributed by atoms with Crippen molar-refractivity contribution < 1.29 is 4.57 Å². The van der Waals surface area contributed by atoms with Crippen LogP contribution in [0, 0.1) is 0 Å². The Morgan fingerprint density at radius 1 is 0.576 bits per heavy atom. The van der Waals surface area contributed by atoms with E-state index in [0.717, 1.165) is 6.42 Å². The minimum atomic E-state index is 0.442. The van der Waals surface area contributed by atoms with E-state index in [1.165, 1.54) is 120 Å². The third-order valence-electron chi connectivity index (χ3n) is 7.13. The largest absolute Gasteiger partial charge is 0.198 e. The number of hydrogen-bond acceptors (Lipinski definition) is 0. The second-order valence-electron chi connectivity index (χ2n) is 10.0. The predicted molar refractivity (Wildman–Crippen MR) is 145 cm³/mol. The molecule has 1 unspecified atom stereocenters. The summed E-state index contributed by atoms with van der Waals surface area (Å²) < 4.78 is 2.41. The van der Waals surface area contributed by atoms with Crippen molar-refractivity contribution in [3.8, 4) is 0 Å². The van der Waals surface area contributed by atoms with Gasteiger partial charge in [-0.05, 0) is 18.9 Å². The summed E-state index contributed by atoms with van der Waals surface area (Å²) in [6.45, 7) is 4.58. The van der Waals surface area contributed by atoms with Crippen LogP contribution in [-0.2, 0) is 6.42 Å². The third-order valence-corrected chi connectivity index (χ3v) is 7.13. The van der Waals surface area contributed by atoms with Crippen LogP contribution < -0.4 is 4.57 Å². The molecule has 1 atom stereocenters. The SMILES string of the molecule is CCCCCCCCCCCCCCCCCCc1ccc[n+](C(CC)c2ccccc2)c1. The van der Waals surface area contributed by atoms with E-state index in [9.17, 15) is 0 Å². The summed E-state index contributed by atoms with van der Waals surface area (Å²) in [5, 5.41) is 0. The normalized spacial score (nSPS) is 12.2. The summed E-state index contributed by atoms with van der Waals surface area (Å²) in [5.74, 6) is 0. The molecule has 2 rings (SSSR count). The zero-order valence-electron chi connectivity index (χ0n) is 21.9. The molecule has 0 bridgehead atoms. The van der Waals surface area contributed by atoms with Crippen LogP contribution in [0.4, 0.5) is 0 Å². The van der Waals surface area contributed by atoms with Crippen LogP contribution in [0.3, 0.4) is 0 Å². The zero-order valence-corrected chi connectivity index (χ0v) is 21.9. The van der Waals surface area contributed by atoms with Gasteiger partial charge in [0, 0.05) is 23.6 Å². The van der Waals surface area contributed by atoms with Gasteiger partial charge in [0.25, 0.3) is 0 Å². The van der Waals surface area contributed by atoms with Gasteiger partial charge in [-0.2, -0.15) is 4.57 Å². The van der Waals surface area contributed by atoms with Crippen LogP contribution in [0.2, 0.25) is 0 Å². The van der Waals surface area contributed by atoms with Crippen LogP contribution in [0.5, 0.6) is 0 Å². The molecular weight excluding hydrogens is 398 g/mol. The lowest BCUT2D eigenvalue weighted by atomic mass is 10.0. The monoisotopic (exact) mass is 450 g/mol. The van der Waals surface area contributed by atoms with Gasteiger partial charge in [0.2, 0.25) is 0 Å². The molecule has 0 fully saturated rings. The van der Waals surface area contributed by atoms with E-state index in [4.69, 9.17) is 0 Å². The smallest absolute Gasteiger partial charge is 0.183 e. The van der Waals surface area contributed by atoms with Crippen molar-refractivity contribution in [2.24, 2.45) is 0 Å². The van der Waals surface area contributed by atoms with Crippen molar-refractivity contribution >= 4 is 0 Å². The molecule has 0 saturated carbocycles. The van der Waals surface area contributed by atoms with E-state index < -0.39 is 0 Å². The molecule has 0 aliphatic rings. The maximum atomic E-state index is 2.41. The van der Waals surface area contributed by atoms with E-state index in [1.807, 2.05) is 0 Å². The zero-order chi connectivity index (χ0) is 23.4. The van der Waals surface area contributed by atoms with Crippen molar-refractivity contribution in [3.63, 3.8) is 0 Å². The lowest BCUT2D eigenvalue weighted by Crippen LogP contribution is -2.39. The van der Waals surface area contributed by atoms with Crippen molar-refractivity contribution in [3.05, 3.63) is 66.0 Å². The van der Waals surface area contributed by atoms with Crippen LogP contribution >= 0.6 is 0 Å². The summed E-state index contributed by atoms with van der Waals surface area (Å²) in [4.78, 5) is 0. The first kappa shape index (κ1) is 27.6. The summed E-state index contributed by atoms with van der Waals surface area (Å²) in [7, 11) is 0. The van der Waals surface area contributed by atoms with Gasteiger partial charge in [-0.15, -0.1) is 0 Å². The average molecular weight is 451 g/mol. The fraction of sp³-hybridized carbons (Fsp3) is 0.656. The molecule has 0 aliphatic heterocycles. The average Bonchev–Trinajstić information content (AvgIpc) is 2.85. The highest BCUT2D eigenvalue weighted by molar-refractivity contribution is 5.17. The highest BCUT2D eigenvalue weighted by Crippen LogP contribution is 2.17. The Morgan fingerprint density at radius 3 is 1.61 bits per heavy atom. The van der Waals surface area contributed by atoms with Crippen molar-refractivity contribution in [1.29, 1.82) is 0 Å². The molecule has 0 aliphatic carbocycles. The molecule has 1 heteroatoms. The predicted octanol–water partition coefficient (Wildman–Crippen LogP) is 9.78. The van der Waals surface area contributed by atoms with E-state index in [-0.39, 0.29) is 0 Å². The van der Waals surface area contributed by atoms with Gasteiger partial charge >= 0.3 is 0 Å². The summed E-state index contributed by atoms with van der Waals surface area (Å²) in [6, 6.07) is 15.9. The molecule has 1 aromatic carbocycles. The van der Waals surface area contributed by atoms with Gasteiger partial charge in [-0.3, -0.25) is 0 Å². The Bertz CT molecular complexity index is 693. The Morgan fingerprint density at radius 2 is 1.09 bits per heavy atom. The fourth-order valence-electron chi connectivity index (χ4n) is 5.06. The molecule has 0 amide bonds. The molecule has 184 valence electrons. The number of hydrogen-bond donors (Lipinski definition) is 0. The number of unbranched alkanes of at least 4 members (excludes halogenated alkanes) is 15. The first-order chi connectivity index (χ1) is 16.3. The van der Waals surface area contributed by atoms with Gasteiger partial charge in [0.15, 0.2) is 18.4 Å². The molecule has 0 N–H and O–H groups in total. The van der Waals surface area contributed by atoms with E-state index in [0.29, 0.717) is 6.04 Å². The van der Waals surface area contributed by atoms with Gasteiger partial charge in [0.1, 0.15) is 0 Å². The molecule has 0 spiro atoms. The fourth-order valence-corrected chi connectivity index (χ4v) is 5.06.